The Morgan fingerprint density at radius 1 is 1.62 bits per heavy atom. The Bertz CT molecular complexity index is 308. The van der Waals surface area contributed by atoms with Crippen molar-refractivity contribution in [1.29, 1.82) is 0 Å². The molecular weight excluding hydrogens is 220 g/mol. The minimum Gasteiger partial charge on any atom is -0.378 e. The minimum atomic E-state index is 0.495. The van der Waals surface area contributed by atoms with Gasteiger partial charge in [0, 0.05) is 18.5 Å². The summed E-state index contributed by atoms with van der Waals surface area (Å²) in [5.74, 6) is 0. The number of hydrogen-bond acceptors (Lipinski definition) is 4. The number of hydrogen-bond donors (Lipinski definition) is 1. The van der Waals surface area contributed by atoms with Crippen molar-refractivity contribution >= 4 is 11.3 Å². The van der Waals surface area contributed by atoms with Crippen LogP contribution in [0.1, 0.15) is 36.9 Å². The van der Waals surface area contributed by atoms with Crippen molar-refractivity contribution in [2.45, 2.75) is 45.3 Å². The van der Waals surface area contributed by atoms with Gasteiger partial charge < -0.3 is 10.1 Å². The van der Waals surface area contributed by atoms with Gasteiger partial charge in [-0.1, -0.05) is 6.92 Å². The molecule has 90 valence electrons. The molecule has 1 aliphatic heterocycles. The molecule has 1 aliphatic rings. The largest absolute Gasteiger partial charge is 0.378 e. The predicted molar refractivity (Wildman–Crippen MR) is 66.8 cm³/mol. The molecule has 16 heavy (non-hydrogen) atoms. The molecule has 0 amide bonds. The molecule has 0 radical (unpaired) electrons. The Labute approximate surface area is 101 Å². The number of ether oxygens (including phenoxy) is 1. The Balaban J connectivity index is 1.60. The van der Waals surface area contributed by atoms with Gasteiger partial charge in [0.05, 0.1) is 16.8 Å². The van der Waals surface area contributed by atoms with Crippen LogP contribution in [-0.2, 0) is 17.7 Å². The smallest absolute Gasteiger partial charge is 0.0926 e. The number of nitrogens with one attached hydrogen (secondary N) is 1. The van der Waals surface area contributed by atoms with E-state index < -0.39 is 0 Å². The summed E-state index contributed by atoms with van der Waals surface area (Å²) in [5.41, 5.74) is 1.18. The van der Waals surface area contributed by atoms with E-state index in [1.165, 1.54) is 23.5 Å². The summed E-state index contributed by atoms with van der Waals surface area (Å²) >= 11 is 1.76. The van der Waals surface area contributed by atoms with E-state index >= 15 is 0 Å². The van der Waals surface area contributed by atoms with Crippen LogP contribution in [0.4, 0.5) is 0 Å². The third kappa shape index (κ3) is 3.54. The fourth-order valence-corrected chi connectivity index (χ4v) is 2.69. The highest BCUT2D eigenvalue weighted by molar-refractivity contribution is 7.09. The highest BCUT2D eigenvalue weighted by Crippen LogP contribution is 2.14. The van der Waals surface area contributed by atoms with E-state index in [1.54, 1.807) is 11.3 Å². The fourth-order valence-electron chi connectivity index (χ4n) is 1.94. The molecular formula is C12H20N2OS. The van der Waals surface area contributed by atoms with E-state index in [0.717, 1.165) is 32.5 Å². The van der Waals surface area contributed by atoms with E-state index in [2.05, 4.69) is 22.6 Å². The zero-order valence-electron chi connectivity index (χ0n) is 9.87. The zero-order valence-corrected chi connectivity index (χ0v) is 10.7. The monoisotopic (exact) mass is 240 g/mol. The van der Waals surface area contributed by atoms with Crippen LogP contribution in [0.25, 0.3) is 0 Å². The van der Waals surface area contributed by atoms with Crippen LogP contribution in [0, 0.1) is 0 Å². The van der Waals surface area contributed by atoms with Crippen LogP contribution in [0.15, 0.2) is 5.38 Å². The summed E-state index contributed by atoms with van der Waals surface area (Å²) in [6, 6.07) is 0. The summed E-state index contributed by atoms with van der Waals surface area (Å²) in [6.07, 6.45) is 5.13. The van der Waals surface area contributed by atoms with Gasteiger partial charge >= 0.3 is 0 Å². The third-order valence-corrected chi connectivity index (χ3v) is 3.92. The molecule has 1 saturated heterocycles. The average Bonchev–Trinajstić information content (AvgIpc) is 2.95. The van der Waals surface area contributed by atoms with Crippen LogP contribution in [0.2, 0.25) is 0 Å². The first kappa shape index (κ1) is 12.0. The highest BCUT2D eigenvalue weighted by atomic mass is 32.1. The molecule has 0 aliphatic carbocycles. The van der Waals surface area contributed by atoms with Gasteiger partial charge in [0.2, 0.25) is 0 Å². The summed E-state index contributed by atoms with van der Waals surface area (Å²) < 4.78 is 5.57. The molecule has 1 atom stereocenters. The summed E-state index contributed by atoms with van der Waals surface area (Å²) in [4.78, 5) is 4.52. The standard InChI is InChI=1S/C12H20N2OS/c1-2-12-14-10(9-16-12)8-13-6-5-11-4-3-7-15-11/h9,11,13H,2-8H2,1H3. The molecule has 0 bridgehead atoms. The maximum absolute atomic E-state index is 5.57. The molecule has 1 N–H and O–H groups in total. The van der Waals surface area contributed by atoms with E-state index in [1.807, 2.05) is 0 Å². The lowest BCUT2D eigenvalue weighted by Crippen LogP contribution is -2.20. The van der Waals surface area contributed by atoms with E-state index in [4.69, 9.17) is 4.74 Å². The summed E-state index contributed by atoms with van der Waals surface area (Å²) in [7, 11) is 0. The van der Waals surface area contributed by atoms with Gasteiger partial charge in [0.15, 0.2) is 0 Å². The topological polar surface area (TPSA) is 34.2 Å². The Hall–Kier alpha value is -0.450. The SMILES string of the molecule is CCc1nc(CNCCC2CCCO2)cs1. The Morgan fingerprint density at radius 2 is 2.56 bits per heavy atom. The third-order valence-electron chi connectivity index (χ3n) is 2.87. The van der Waals surface area contributed by atoms with Crippen LogP contribution < -0.4 is 5.32 Å². The fraction of sp³-hybridized carbons (Fsp3) is 0.750. The van der Waals surface area contributed by atoms with Crippen LogP contribution in [0.5, 0.6) is 0 Å². The molecule has 0 aromatic carbocycles. The second-order valence-corrected chi connectivity index (χ2v) is 5.13. The van der Waals surface area contributed by atoms with Crippen molar-refractivity contribution in [1.82, 2.24) is 10.3 Å². The lowest BCUT2D eigenvalue weighted by molar-refractivity contribution is 0.104. The average molecular weight is 240 g/mol. The van der Waals surface area contributed by atoms with Crippen LogP contribution >= 0.6 is 11.3 Å². The van der Waals surface area contributed by atoms with Crippen molar-refractivity contribution in [3.63, 3.8) is 0 Å². The van der Waals surface area contributed by atoms with Crippen molar-refractivity contribution in [2.75, 3.05) is 13.2 Å². The number of thiazole rings is 1. The van der Waals surface area contributed by atoms with Gasteiger partial charge in [0.25, 0.3) is 0 Å². The summed E-state index contributed by atoms with van der Waals surface area (Å²) in [5, 5.41) is 6.81. The molecule has 1 unspecified atom stereocenters. The first-order valence-corrected chi connectivity index (χ1v) is 7.02. The zero-order chi connectivity index (χ0) is 11.2. The van der Waals surface area contributed by atoms with Gasteiger partial charge in [-0.15, -0.1) is 11.3 Å². The van der Waals surface area contributed by atoms with Gasteiger partial charge in [-0.25, -0.2) is 4.98 Å². The molecule has 1 aromatic heterocycles. The normalized spacial score (nSPS) is 20.4. The number of rotatable bonds is 6. The second kappa shape index (κ2) is 6.33. The predicted octanol–water partition coefficient (Wildman–Crippen LogP) is 2.36. The Morgan fingerprint density at radius 3 is 3.25 bits per heavy atom. The molecule has 2 rings (SSSR count). The van der Waals surface area contributed by atoms with Gasteiger partial charge in [-0.05, 0) is 32.2 Å². The summed E-state index contributed by atoms with van der Waals surface area (Å²) in [6.45, 7) is 5.02. The first-order valence-electron chi connectivity index (χ1n) is 6.14. The molecule has 1 aromatic rings. The lowest BCUT2D eigenvalue weighted by atomic mass is 10.2. The highest BCUT2D eigenvalue weighted by Gasteiger charge is 2.14. The number of nitrogens with zero attached hydrogens (tertiary/aromatic N) is 1. The minimum absolute atomic E-state index is 0.495. The number of aryl methyl sites for hydroxylation is 1. The van der Waals surface area contributed by atoms with Gasteiger partial charge in [-0.3, -0.25) is 0 Å². The maximum atomic E-state index is 5.57. The molecule has 0 spiro atoms. The van der Waals surface area contributed by atoms with Crippen LogP contribution in [0.3, 0.4) is 0 Å². The van der Waals surface area contributed by atoms with Gasteiger partial charge in [-0.2, -0.15) is 0 Å². The van der Waals surface area contributed by atoms with Crippen molar-refractivity contribution in [3.05, 3.63) is 16.1 Å². The number of aromatic nitrogens is 1. The van der Waals surface area contributed by atoms with Gasteiger partial charge in [0.1, 0.15) is 0 Å². The first-order chi connectivity index (χ1) is 7.88. The van der Waals surface area contributed by atoms with E-state index in [-0.39, 0.29) is 0 Å². The lowest BCUT2D eigenvalue weighted by Gasteiger charge is -2.08. The van der Waals surface area contributed by atoms with Crippen molar-refractivity contribution < 1.29 is 4.74 Å². The Kier molecular flexibility index (Phi) is 4.75. The van der Waals surface area contributed by atoms with Crippen molar-refractivity contribution in [3.8, 4) is 0 Å². The van der Waals surface area contributed by atoms with E-state index in [9.17, 15) is 0 Å². The molecule has 1 fully saturated rings. The molecule has 0 saturated carbocycles. The quantitative estimate of drug-likeness (QED) is 0.775. The van der Waals surface area contributed by atoms with E-state index in [0.29, 0.717) is 6.10 Å². The molecule has 3 nitrogen and oxygen atoms in total. The van der Waals surface area contributed by atoms with Crippen LogP contribution in [-0.4, -0.2) is 24.2 Å². The maximum Gasteiger partial charge on any atom is 0.0926 e. The molecule has 4 heteroatoms. The second-order valence-electron chi connectivity index (χ2n) is 4.19. The molecule has 2 heterocycles. The van der Waals surface area contributed by atoms with Crippen molar-refractivity contribution in [2.24, 2.45) is 0 Å².